The van der Waals surface area contributed by atoms with E-state index in [0.717, 1.165) is 22.3 Å². The lowest BCUT2D eigenvalue weighted by Crippen LogP contribution is -2.43. The molecule has 1 amide bonds. The van der Waals surface area contributed by atoms with Crippen LogP contribution < -0.4 is 26.6 Å². The Morgan fingerprint density at radius 3 is 2.71 bits per heavy atom. The first kappa shape index (κ1) is 22.8. The highest BCUT2D eigenvalue weighted by Crippen LogP contribution is 2.22. The molecule has 1 aromatic carbocycles. The molecule has 1 aliphatic rings. The molecule has 0 bridgehead atoms. The second-order valence-electron chi connectivity index (χ2n) is 7.48. The molecule has 3 aromatic rings. The fourth-order valence-electron chi connectivity index (χ4n) is 3.44. The van der Waals surface area contributed by atoms with Crippen LogP contribution in [0.25, 0.3) is 0 Å². The van der Waals surface area contributed by atoms with Gasteiger partial charge in [0.15, 0.2) is 17.3 Å². The number of anilines is 1. The minimum absolute atomic E-state index is 0.00158. The Hall–Kier alpha value is -4.35. The van der Waals surface area contributed by atoms with Crippen molar-refractivity contribution in [2.24, 2.45) is 12.0 Å². The largest absolute Gasteiger partial charge is 0.481 e. The van der Waals surface area contributed by atoms with Gasteiger partial charge in [-0.3, -0.25) is 18.7 Å². The van der Waals surface area contributed by atoms with Gasteiger partial charge in [-0.15, -0.1) is 0 Å². The highest BCUT2D eigenvalue weighted by molar-refractivity contribution is 6.41. The molecule has 2 aromatic heterocycles. The molecule has 1 aliphatic heterocycles. The molecule has 3 heterocycles. The van der Waals surface area contributed by atoms with E-state index in [4.69, 9.17) is 4.74 Å². The van der Waals surface area contributed by atoms with Gasteiger partial charge in [0, 0.05) is 25.9 Å². The van der Waals surface area contributed by atoms with Gasteiger partial charge in [0.2, 0.25) is 5.88 Å². The van der Waals surface area contributed by atoms with E-state index in [2.05, 4.69) is 20.6 Å². The van der Waals surface area contributed by atoms with E-state index in [9.17, 15) is 23.2 Å². The second kappa shape index (κ2) is 9.25. The fraction of sp³-hybridized carbons (Fsp3) is 0.227. The third kappa shape index (κ3) is 4.42. The van der Waals surface area contributed by atoms with Crippen LogP contribution in [0.4, 0.5) is 20.3 Å². The van der Waals surface area contributed by atoms with Crippen LogP contribution in [0.5, 0.6) is 5.88 Å². The smallest absolute Gasteiger partial charge is 0.332 e. The third-order valence-electron chi connectivity index (χ3n) is 5.24. The molecule has 0 saturated heterocycles. The summed E-state index contributed by atoms with van der Waals surface area (Å²) in [6, 6.07) is 6.49. The molecule has 0 aliphatic carbocycles. The number of halogens is 2. The van der Waals surface area contributed by atoms with Crippen LogP contribution in [-0.4, -0.2) is 39.4 Å². The van der Waals surface area contributed by atoms with Crippen molar-refractivity contribution >= 4 is 23.1 Å². The van der Waals surface area contributed by atoms with Crippen LogP contribution in [-0.2, 0) is 24.9 Å². The number of carbonyl (C=O) groups is 1. The lowest BCUT2D eigenvalue weighted by atomic mass is 10.2. The summed E-state index contributed by atoms with van der Waals surface area (Å²) in [6.07, 6.45) is 1.55. The number of nitrogens with zero attached hydrogens (tertiary/aromatic N) is 4. The number of nitrogens with one attached hydrogen (secondary N) is 2. The zero-order chi connectivity index (χ0) is 24.4. The van der Waals surface area contributed by atoms with Crippen molar-refractivity contribution in [3.63, 3.8) is 0 Å². The van der Waals surface area contributed by atoms with E-state index < -0.39 is 28.8 Å². The Bertz CT molecular complexity index is 1430. The maximum absolute atomic E-state index is 13.6. The predicted molar refractivity (Wildman–Crippen MR) is 120 cm³/mol. The van der Waals surface area contributed by atoms with E-state index >= 15 is 0 Å². The number of rotatable bonds is 6. The van der Waals surface area contributed by atoms with Crippen molar-refractivity contribution in [3.8, 4) is 5.88 Å². The Morgan fingerprint density at radius 1 is 1.18 bits per heavy atom. The predicted octanol–water partition coefficient (Wildman–Crippen LogP) is 1.09. The molecule has 0 unspecified atom stereocenters. The van der Waals surface area contributed by atoms with Gasteiger partial charge in [-0.1, -0.05) is 6.07 Å². The van der Waals surface area contributed by atoms with Crippen molar-refractivity contribution in [2.45, 2.75) is 13.1 Å². The van der Waals surface area contributed by atoms with Crippen molar-refractivity contribution in [1.29, 1.82) is 0 Å². The van der Waals surface area contributed by atoms with Gasteiger partial charge >= 0.3 is 5.69 Å². The second-order valence-corrected chi connectivity index (χ2v) is 7.48. The summed E-state index contributed by atoms with van der Waals surface area (Å²) in [5.74, 6) is -2.07. The molecule has 12 heteroatoms. The number of aromatic nitrogens is 3. The summed E-state index contributed by atoms with van der Waals surface area (Å²) in [5.41, 5.74) is -0.553. The van der Waals surface area contributed by atoms with E-state index in [1.165, 1.54) is 24.8 Å². The van der Waals surface area contributed by atoms with Gasteiger partial charge in [0.05, 0.1) is 20.2 Å². The van der Waals surface area contributed by atoms with Gasteiger partial charge in [0.1, 0.15) is 11.5 Å². The molecule has 0 spiro atoms. The number of methoxy groups -OCH3 is 1. The number of amides is 1. The van der Waals surface area contributed by atoms with Gasteiger partial charge in [-0.05, 0) is 29.3 Å². The number of benzene rings is 1. The number of ether oxygens (including phenoxy) is 1. The van der Waals surface area contributed by atoms with Gasteiger partial charge in [-0.25, -0.2) is 23.6 Å². The van der Waals surface area contributed by atoms with E-state index in [-0.39, 0.29) is 42.4 Å². The lowest BCUT2D eigenvalue weighted by Gasteiger charge is -2.20. The molecule has 0 atom stereocenters. The molecule has 2 N–H and O–H groups in total. The molecule has 0 saturated carbocycles. The normalized spacial score (nSPS) is 12.4. The zero-order valence-electron chi connectivity index (χ0n) is 18.3. The number of hydrogen-bond donors (Lipinski definition) is 2. The van der Waals surface area contributed by atoms with Crippen molar-refractivity contribution in [1.82, 2.24) is 19.4 Å². The van der Waals surface area contributed by atoms with Crippen LogP contribution in [0.2, 0.25) is 0 Å². The number of carbonyl (C=O) groups excluding carboxylic acids is 1. The fourth-order valence-corrected chi connectivity index (χ4v) is 3.44. The SMILES string of the molecule is COc1cc(CNC(=O)C2=Nc3c(n(C)c(=O)n(Cc4ccc(F)c(F)c4)c3=O)NC2)ccn1. The quantitative estimate of drug-likeness (QED) is 0.557. The average Bonchev–Trinajstić information content (AvgIpc) is 2.85. The minimum atomic E-state index is -1.09. The monoisotopic (exact) mass is 470 g/mol. The van der Waals surface area contributed by atoms with Gasteiger partial charge < -0.3 is 15.4 Å². The number of hydrogen-bond acceptors (Lipinski definition) is 7. The van der Waals surface area contributed by atoms with Crippen LogP contribution >= 0.6 is 0 Å². The molecule has 0 radical (unpaired) electrons. The summed E-state index contributed by atoms with van der Waals surface area (Å²) in [7, 11) is 2.92. The van der Waals surface area contributed by atoms with Crippen LogP contribution in [0.1, 0.15) is 11.1 Å². The summed E-state index contributed by atoms with van der Waals surface area (Å²) in [4.78, 5) is 46.6. The van der Waals surface area contributed by atoms with Crippen LogP contribution in [0.15, 0.2) is 51.1 Å². The first-order valence-electron chi connectivity index (χ1n) is 10.1. The van der Waals surface area contributed by atoms with Gasteiger partial charge in [-0.2, -0.15) is 0 Å². The first-order valence-corrected chi connectivity index (χ1v) is 10.1. The number of pyridine rings is 1. The Labute approximate surface area is 191 Å². The van der Waals surface area contributed by atoms with Crippen molar-refractivity contribution < 1.29 is 18.3 Å². The Balaban J connectivity index is 1.62. The van der Waals surface area contributed by atoms with E-state index in [0.29, 0.717) is 5.88 Å². The minimum Gasteiger partial charge on any atom is -0.481 e. The van der Waals surface area contributed by atoms with Crippen molar-refractivity contribution in [2.75, 3.05) is 19.0 Å². The Morgan fingerprint density at radius 2 is 1.97 bits per heavy atom. The van der Waals surface area contributed by atoms with E-state index in [1.807, 2.05) is 0 Å². The molecular formula is C22H20F2N6O4. The summed E-state index contributed by atoms with van der Waals surface area (Å²) >= 11 is 0. The van der Waals surface area contributed by atoms with Crippen LogP contribution in [0.3, 0.4) is 0 Å². The summed E-state index contributed by atoms with van der Waals surface area (Å²) < 4.78 is 33.9. The first-order chi connectivity index (χ1) is 16.3. The molecule has 34 heavy (non-hydrogen) atoms. The standard InChI is InChI=1S/C22H20F2N6O4/c1-29-19-18(21(32)30(22(29)33)11-13-3-4-14(23)15(24)7-13)28-16(10-26-19)20(31)27-9-12-5-6-25-17(8-12)34-2/h3-8,26H,9-11H2,1-2H3,(H,27,31). The van der Waals surface area contributed by atoms with Gasteiger partial charge in [0.25, 0.3) is 11.5 Å². The molecule has 10 nitrogen and oxygen atoms in total. The number of aliphatic imine (C=N–C) groups is 1. The maximum atomic E-state index is 13.6. The highest BCUT2D eigenvalue weighted by atomic mass is 19.2. The molecule has 4 rings (SSSR count). The molecule has 0 fully saturated rings. The summed E-state index contributed by atoms with van der Waals surface area (Å²) in [5, 5.41) is 5.60. The van der Waals surface area contributed by atoms with Crippen molar-refractivity contribution in [3.05, 3.63) is 80.1 Å². The number of fused-ring (bicyclic) bond motifs is 1. The Kier molecular flexibility index (Phi) is 6.21. The maximum Gasteiger partial charge on any atom is 0.332 e. The lowest BCUT2D eigenvalue weighted by molar-refractivity contribution is -0.115. The zero-order valence-corrected chi connectivity index (χ0v) is 18.3. The molecular weight excluding hydrogens is 450 g/mol. The van der Waals surface area contributed by atoms with E-state index in [1.54, 1.807) is 18.3 Å². The third-order valence-corrected chi connectivity index (χ3v) is 5.24. The van der Waals surface area contributed by atoms with Crippen LogP contribution in [0, 0.1) is 11.6 Å². The summed E-state index contributed by atoms with van der Waals surface area (Å²) in [6.45, 7) is -0.119. The average molecular weight is 470 g/mol. The topological polar surface area (TPSA) is 120 Å². The molecule has 176 valence electrons. The highest BCUT2D eigenvalue weighted by Gasteiger charge is 2.24.